The molecule has 0 spiro atoms. The van der Waals surface area contributed by atoms with E-state index in [9.17, 15) is 13.5 Å². The average molecular weight is 388 g/mol. The molecule has 0 aliphatic rings. The van der Waals surface area contributed by atoms with Gasteiger partial charge in [-0.2, -0.15) is 0 Å². The van der Waals surface area contributed by atoms with Crippen molar-refractivity contribution in [1.82, 2.24) is 4.72 Å². The molecule has 0 bridgehead atoms. The predicted molar refractivity (Wildman–Crippen MR) is 99.2 cm³/mol. The second-order valence-electron chi connectivity index (χ2n) is 6.12. The summed E-state index contributed by atoms with van der Waals surface area (Å²) in [4.78, 5) is 0. The quantitative estimate of drug-likeness (QED) is 0.722. The fraction of sp³-hybridized carbons (Fsp3) is 0.412. The van der Waals surface area contributed by atoms with Gasteiger partial charge in [0, 0.05) is 5.92 Å². The molecule has 1 aromatic heterocycles. The Morgan fingerprint density at radius 1 is 1.17 bits per heavy atom. The fourth-order valence-electron chi connectivity index (χ4n) is 2.69. The Balaban J connectivity index is 2.29. The van der Waals surface area contributed by atoms with Crippen molar-refractivity contribution < 1.29 is 13.5 Å². The Kier molecular flexibility index (Phi) is 6.83. The lowest BCUT2D eigenvalue weighted by Gasteiger charge is -2.28. The monoisotopic (exact) mass is 387 g/mol. The minimum absolute atomic E-state index is 0.110. The molecule has 0 amide bonds. The van der Waals surface area contributed by atoms with Crippen molar-refractivity contribution in [3.8, 4) is 0 Å². The van der Waals surface area contributed by atoms with Crippen LogP contribution in [0.15, 0.2) is 46.7 Å². The molecule has 2 N–H and O–H groups in total. The summed E-state index contributed by atoms with van der Waals surface area (Å²) >= 11 is 6.84. The van der Waals surface area contributed by atoms with Crippen molar-refractivity contribution in [3.63, 3.8) is 0 Å². The largest absolute Gasteiger partial charge is 0.395 e. The second-order valence-corrected chi connectivity index (χ2v) is 9.77. The van der Waals surface area contributed by atoms with Crippen LogP contribution in [0.4, 0.5) is 0 Å². The number of rotatable bonds is 8. The first kappa shape index (κ1) is 19.4. The van der Waals surface area contributed by atoms with E-state index in [1.807, 2.05) is 30.3 Å². The number of aliphatic hydroxyl groups excluding tert-OH is 1. The minimum atomic E-state index is -3.72. The molecular weight excluding hydrogens is 366 g/mol. The summed E-state index contributed by atoms with van der Waals surface area (Å²) in [7, 11) is -3.72. The van der Waals surface area contributed by atoms with Crippen molar-refractivity contribution in [3.05, 3.63) is 52.4 Å². The smallest absolute Gasteiger partial charge is 0.250 e. The first-order chi connectivity index (χ1) is 11.3. The Hall–Kier alpha value is -0.920. The highest BCUT2D eigenvalue weighted by Crippen LogP contribution is 2.30. The number of nitrogens with one attached hydrogen (secondary N) is 1. The number of thiophene rings is 1. The van der Waals surface area contributed by atoms with Crippen LogP contribution in [0.5, 0.6) is 0 Å². The van der Waals surface area contributed by atoms with E-state index in [1.54, 1.807) is 6.07 Å². The Morgan fingerprint density at radius 3 is 2.33 bits per heavy atom. The van der Waals surface area contributed by atoms with Gasteiger partial charge in [-0.25, -0.2) is 13.1 Å². The highest BCUT2D eigenvalue weighted by atomic mass is 35.5. The summed E-state index contributed by atoms with van der Waals surface area (Å²) < 4.78 is 28.4. The maximum atomic E-state index is 12.6. The van der Waals surface area contributed by atoms with E-state index in [2.05, 4.69) is 18.6 Å². The van der Waals surface area contributed by atoms with Crippen LogP contribution in [0.25, 0.3) is 0 Å². The van der Waals surface area contributed by atoms with E-state index < -0.39 is 16.1 Å². The zero-order valence-electron chi connectivity index (χ0n) is 13.6. The van der Waals surface area contributed by atoms with Gasteiger partial charge < -0.3 is 5.11 Å². The van der Waals surface area contributed by atoms with Crippen molar-refractivity contribution in [2.24, 2.45) is 5.92 Å². The Labute approximate surface area is 152 Å². The van der Waals surface area contributed by atoms with E-state index >= 15 is 0 Å². The number of halogens is 1. The number of benzene rings is 1. The lowest BCUT2D eigenvalue weighted by molar-refractivity contribution is 0.229. The van der Waals surface area contributed by atoms with Crippen LogP contribution in [0.2, 0.25) is 4.34 Å². The third-order valence-corrected chi connectivity index (χ3v) is 6.97. The van der Waals surface area contributed by atoms with Crippen LogP contribution in [0, 0.1) is 5.92 Å². The molecule has 1 aromatic carbocycles. The summed E-state index contributed by atoms with van der Waals surface area (Å²) in [5, 5.41) is 9.84. The molecule has 0 aliphatic carbocycles. The molecule has 24 heavy (non-hydrogen) atoms. The molecule has 7 heteroatoms. The van der Waals surface area contributed by atoms with E-state index in [0.29, 0.717) is 10.3 Å². The summed E-state index contributed by atoms with van der Waals surface area (Å²) in [5.41, 5.74) is 1.01. The van der Waals surface area contributed by atoms with Crippen LogP contribution in [0.1, 0.15) is 31.7 Å². The Bertz CT molecular complexity index is 744. The van der Waals surface area contributed by atoms with Crippen molar-refractivity contribution in [2.75, 3.05) is 6.61 Å². The third-order valence-electron chi connectivity index (χ3n) is 3.76. The number of sulfonamides is 1. The maximum Gasteiger partial charge on any atom is 0.250 e. The van der Waals surface area contributed by atoms with Gasteiger partial charge in [0.2, 0.25) is 10.0 Å². The fourth-order valence-corrected chi connectivity index (χ4v) is 5.45. The lowest BCUT2D eigenvalue weighted by atomic mass is 9.85. The zero-order valence-corrected chi connectivity index (χ0v) is 16.0. The van der Waals surface area contributed by atoms with E-state index in [0.717, 1.165) is 23.3 Å². The van der Waals surface area contributed by atoms with Gasteiger partial charge in [0.1, 0.15) is 4.21 Å². The zero-order chi connectivity index (χ0) is 17.7. The molecule has 0 saturated carbocycles. The van der Waals surface area contributed by atoms with E-state index in [4.69, 9.17) is 11.6 Å². The SMILES string of the molecule is CC(C)C[C@@H](c1ccccc1)[C@@H](CO)NS(=O)(=O)c1ccc(Cl)s1. The predicted octanol–water partition coefficient (Wildman–Crippen LogP) is 3.87. The lowest BCUT2D eigenvalue weighted by Crippen LogP contribution is -2.42. The molecule has 4 nitrogen and oxygen atoms in total. The summed E-state index contributed by atoms with van der Waals surface area (Å²) in [6.07, 6.45) is 0.767. The number of aliphatic hydroxyl groups is 1. The molecule has 2 rings (SSSR count). The van der Waals surface area contributed by atoms with Crippen LogP contribution >= 0.6 is 22.9 Å². The molecular formula is C17H22ClNO3S2. The molecule has 2 aromatic rings. The highest BCUT2D eigenvalue weighted by molar-refractivity contribution is 7.91. The van der Waals surface area contributed by atoms with Crippen LogP contribution < -0.4 is 4.72 Å². The normalized spacial score (nSPS) is 14.7. The topological polar surface area (TPSA) is 66.4 Å². The van der Waals surface area contributed by atoms with Gasteiger partial charge in [-0.1, -0.05) is 55.8 Å². The van der Waals surface area contributed by atoms with Crippen LogP contribution in [-0.4, -0.2) is 26.2 Å². The van der Waals surface area contributed by atoms with Gasteiger partial charge >= 0.3 is 0 Å². The van der Waals surface area contributed by atoms with Crippen molar-refractivity contribution in [2.45, 2.75) is 36.4 Å². The molecule has 0 saturated heterocycles. The second kappa shape index (κ2) is 8.45. The molecule has 0 radical (unpaired) electrons. The van der Waals surface area contributed by atoms with E-state index in [1.165, 1.54) is 6.07 Å². The molecule has 0 fully saturated rings. The number of hydrogen-bond donors (Lipinski definition) is 2. The standard InChI is InChI=1S/C17H22ClNO3S2/c1-12(2)10-14(13-6-4-3-5-7-13)15(11-20)19-24(21,22)17-9-8-16(18)23-17/h3-9,12,14-15,19-20H,10-11H2,1-2H3/t14-,15+/m0/s1. The summed E-state index contributed by atoms with van der Waals surface area (Å²) in [6.45, 7) is 3.89. The number of hydrogen-bond acceptors (Lipinski definition) is 4. The van der Waals surface area contributed by atoms with Gasteiger partial charge in [-0.15, -0.1) is 11.3 Å². The van der Waals surface area contributed by atoms with Gasteiger partial charge in [0.15, 0.2) is 0 Å². The first-order valence-electron chi connectivity index (χ1n) is 7.77. The van der Waals surface area contributed by atoms with Gasteiger partial charge in [0.05, 0.1) is 17.0 Å². The average Bonchev–Trinajstić information content (AvgIpc) is 2.99. The molecule has 1 heterocycles. The first-order valence-corrected chi connectivity index (χ1v) is 10.4. The van der Waals surface area contributed by atoms with Gasteiger partial charge in [0.25, 0.3) is 0 Å². The van der Waals surface area contributed by atoms with Crippen molar-refractivity contribution in [1.29, 1.82) is 0 Å². The highest BCUT2D eigenvalue weighted by Gasteiger charge is 2.29. The summed E-state index contributed by atoms with van der Waals surface area (Å²) in [6, 6.07) is 12.1. The Morgan fingerprint density at radius 2 is 1.83 bits per heavy atom. The minimum Gasteiger partial charge on any atom is -0.395 e. The van der Waals surface area contributed by atoms with Gasteiger partial charge in [-0.05, 0) is 30.0 Å². The molecule has 2 atom stereocenters. The van der Waals surface area contributed by atoms with Crippen molar-refractivity contribution >= 4 is 33.0 Å². The maximum absolute atomic E-state index is 12.6. The molecule has 0 unspecified atom stereocenters. The summed E-state index contributed by atoms with van der Waals surface area (Å²) in [5.74, 6) is 0.256. The molecule has 0 aliphatic heterocycles. The van der Waals surface area contributed by atoms with Crippen LogP contribution in [0.3, 0.4) is 0 Å². The van der Waals surface area contributed by atoms with E-state index in [-0.39, 0.29) is 16.7 Å². The molecule has 132 valence electrons. The third kappa shape index (κ3) is 5.04. The van der Waals surface area contributed by atoms with Crippen LogP contribution in [-0.2, 0) is 10.0 Å². The van der Waals surface area contributed by atoms with Gasteiger partial charge in [-0.3, -0.25) is 0 Å².